The minimum atomic E-state index is -1.30. The SMILES string of the molecule is Cc1c(C(=O)O)cc(C#CCC(=O)O)cc1[N+](=O)[O-]. The van der Waals surface area contributed by atoms with Crippen LogP contribution in [0.25, 0.3) is 0 Å². The Morgan fingerprint density at radius 3 is 2.47 bits per heavy atom. The Morgan fingerprint density at radius 2 is 2.00 bits per heavy atom. The number of rotatable bonds is 3. The van der Waals surface area contributed by atoms with Gasteiger partial charge in [0.1, 0.15) is 6.42 Å². The van der Waals surface area contributed by atoms with Gasteiger partial charge in [0.2, 0.25) is 0 Å². The van der Waals surface area contributed by atoms with Crippen molar-refractivity contribution in [2.45, 2.75) is 13.3 Å². The van der Waals surface area contributed by atoms with E-state index in [2.05, 4.69) is 11.8 Å². The Morgan fingerprint density at radius 1 is 1.37 bits per heavy atom. The van der Waals surface area contributed by atoms with Crippen molar-refractivity contribution in [2.75, 3.05) is 0 Å². The number of carboxylic acid groups (broad SMARTS) is 2. The van der Waals surface area contributed by atoms with Crippen LogP contribution in [0.15, 0.2) is 12.1 Å². The van der Waals surface area contributed by atoms with Gasteiger partial charge in [-0.05, 0) is 13.0 Å². The fourth-order valence-corrected chi connectivity index (χ4v) is 1.40. The summed E-state index contributed by atoms with van der Waals surface area (Å²) in [6.07, 6.45) is -0.427. The maximum atomic E-state index is 11.0. The molecule has 7 nitrogen and oxygen atoms in total. The molecule has 7 heteroatoms. The van der Waals surface area contributed by atoms with Gasteiger partial charge in [-0.25, -0.2) is 4.79 Å². The number of aromatic carboxylic acids is 1. The maximum Gasteiger partial charge on any atom is 0.336 e. The second-order valence-corrected chi connectivity index (χ2v) is 3.60. The lowest BCUT2D eigenvalue weighted by Crippen LogP contribution is -2.04. The van der Waals surface area contributed by atoms with Crippen LogP contribution < -0.4 is 0 Å². The summed E-state index contributed by atoms with van der Waals surface area (Å²) >= 11 is 0. The molecule has 0 saturated heterocycles. The van der Waals surface area contributed by atoms with Crippen molar-refractivity contribution >= 4 is 17.6 Å². The molecule has 0 amide bonds. The first-order chi connectivity index (χ1) is 8.82. The van der Waals surface area contributed by atoms with Crippen LogP contribution in [-0.2, 0) is 4.79 Å². The van der Waals surface area contributed by atoms with Crippen molar-refractivity contribution in [3.05, 3.63) is 38.9 Å². The molecule has 0 bridgehead atoms. The van der Waals surface area contributed by atoms with Gasteiger partial charge in [0.05, 0.1) is 10.5 Å². The highest BCUT2D eigenvalue weighted by Crippen LogP contribution is 2.23. The van der Waals surface area contributed by atoms with Crippen molar-refractivity contribution in [2.24, 2.45) is 0 Å². The smallest absolute Gasteiger partial charge is 0.336 e. The largest absolute Gasteiger partial charge is 0.481 e. The lowest BCUT2D eigenvalue weighted by atomic mass is 10.0. The van der Waals surface area contributed by atoms with Crippen molar-refractivity contribution in [1.29, 1.82) is 0 Å². The molecule has 0 radical (unpaired) electrons. The standard InChI is InChI=1S/C12H9NO6/c1-7-9(12(16)17)5-8(3-2-4-11(14)15)6-10(7)13(18)19/h5-6H,4H2,1H3,(H,14,15)(H,16,17). The van der Waals surface area contributed by atoms with Crippen LogP contribution in [0.3, 0.4) is 0 Å². The molecular weight excluding hydrogens is 254 g/mol. The van der Waals surface area contributed by atoms with Gasteiger partial charge < -0.3 is 10.2 Å². The van der Waals surface area contributed by atoms with Crippen LogP contribution in [0.2, 0.25) is 0 Å². The van der Waals surface area contributed by atoms with Crippen LogP contribution in [-0.4, -0.2) is 27.1 Å². The Labute approximate surface area is 107 Å². The van der Waals surface area contributed by atoms with E-state index in [9.17, 15) is 19.7 Å². The van der Waals surface area contributed by atoms with Crippen molar-refractivity contribution in [3.63, 3.8) is 0 Å². The normalized spacial score (nSPS) is 9.32. The van der Waals surface area contributed by atoms with Gasteiger partial charge in [-0.2, -0.15) is 0 Å². The van der Waals surface area contributed by atoms with E-state index in [1.165, 1.54) is 13.0 Å². The number of benzene rings is 1. The molecular formula is C12H9NO6. The Hall–Kier alpha value is -2.88. The molecule has 0 saturated carbocycles. The zero-order valence-corrected chi connectivity index (χ0v) is 9.84. The maximum absolute atomic E-state index is 11.0. The van der Waals surface area contributed by atoms with E-state index in [0.29, 0.717) is 0 Å². The second kappa shape index (κ2) is 5.64. The fraction of sp³-hybridized carbons (Fsp3) is 0.167. The van der Waals surface area contributed by atoms with Gasteiger partial charge in [0, 0.05) is 17.2 Å². The van der Waals surface area contributed by atoms with Crippen LogP contribution in [0.1, 0.15) is 27.9 Å². The molecule has 98 valence electrons. The number of nitro benzene ring substituents is 1. The summed E-state index contributed by atoms with van der Waals surface area (Å²) in [6, 6.07) is 2.30. The van der Waals surface area contributed by atoms with E-state index in [0.717, 1.165) is 6.07 Å². The first kappa shape index (κ1) is 14.2. The van der Waals surface area contributed by atoms with Gasteiger partial charge in [0.25, 0.3) is 5.69 Å². The van der Waals surface area contributed by atoms with E-state index in [1.807, 2.05) is 0 Å². The van der Waals surface area contributed by atoms with Crippen LogP contribution in [0, 0.1) is 28.9 Å². The Bertz CT molecular complexity index is 588. The van der Waals surface area contributed by atoms with Gasteiger partial charge in [-0.15, -0.1) is 0 Å². The number of carboxylic acids is 2. The molecule has 1 rings (SSSR count). The number of nitrogens with zero attached hydrogens (tertiary/aromatic N) is 1. The number of hydrogen-bond donors (Lipinski definition) is 2. The molecule has 1 aromatic carbocycles. The van der Waals surface area contributed by atoms with Crippen molar-refractivity contribution in [1.82, 2.24) is 0 Å². The van der Waals surface area contributed by atoms with E-state index in [1.54, 1.807) is 0 Å². The molecule has 0 spiro atoms. The second-order valence-electron chi connectivity index (χ2n) is 3.60. The predicted octanol–water partition coefficient (Wildman–Crippen LogP) is 1.43. The molecule has 0 fully saturated rings. The topological polar surface area (TPSA) is 118 Å². The summed E-state index contributed by atoms with van der Waals surface area (Å²) in [4.78, 5) is 31.4. The monoisotopic (exact) mass is 263 g/mol. The van der Waals surface area contributed by atoms with Crippen LogP contribution in [0.5, 0.6) is 0 Å². The van der Waals surface area contributed by atoms with E-state index in [4.69, 9.17) is 10.2 Å². The third-order valence-electron chi connectivity index (χ3n) is 2.28. The minimum absolute atomic E-state index is 0.0290. The molecule has 0 aliphatic carbocycles. The molecule has 0 aliphatic rings. The lowest BCUT2D eigenvalue weighted by molar-refractivity contribution is -0.385. The molecule has 0 aliphatic heterocycles. The summed E-state index contributed by atoms with van der Waals surface area (Å²) in [6.45, 7) is 1.33. The van der Waals surface area contributed by atoms with Gasteiger partial charge >= 0.3 is 11.9 Å². The van der Waals surface area contributed by atoms with Crippen LogP contribution >= 0.6 is 0 Å². The molecule has 0 atom stereocenters. The predicted molar refractivity (Wildman–Crippen MR) is 63.9 cm³/mol. The summed E-state index contributed by atoms with van der Waals surface area (Å²) in [5.41, 5.74) is -0.467. The summed E-state index contributed by atoms with van der Waals surface area (Å²) in [5.74, 6) is 2.25. The quantitative estimate of drug-likeness (QED) is 0.483. The molecule has 19 heavy (non-hydrogen) atoms. The molecule has 2 N–H and O–H groups in total. The highest BCUT2D eigenvalue weighted by atomic mass is 16.6. The number of aliphatic carboxylic acids is 1. The molecule has 1 aromatic rings. The molecule has 0 aromatic heterocycles. The van der Waals surface area contributed by atoms with E-state index >= 15 is 0 Å². The van der Waals surface area contributed by atoms with Gasteiger partial charge in [0.15, 0.2) is 0 Å². The third kappa shape index (κ3) is 3.54. The van der Waals surface area contributed by atoms with Crippen LogP contribution in [0.4, 0.5) is 5.69 Å². The third-order valence-corrected chi connectivity index (χ3v) is 2.28. The average molecular weight is 263 g/mol. The summed E-state index contributed by atoms with van der Waals surface area (Å²) in [7, 11) is 0. The zero-order chi connectivity index (χ0) is 14.6. The first-order valence-corrected chi connectivity index (χ1v) is 5.06. The fourth-order valence-electron chi connectivity index (χ4n) is 1.40. The molecule has 0 heterocycles. The van der Waals surface area contributed by atoms with E-state index < -0.39 is 23.3 Å². The number of nitro groups is 1. The zero-order valence-electron chi connectivity index (χ0n) is 9.84. The Balaban J connectivity index is 3.33. The van der Waals surface area contributed by atoms with Gasteiger partial charge in [-0.1, -0.05) is 11.8 Å². The van der Waals surface area contributed by atoms with Crippen molar-refractivity contribution < 1.29 is 24.7 Å². The number of hydrogen-bond acceptors (Lipinski definition) is 4. The highest BCUT2D eigenvalue weighted by Gasteiger charge is 2.19. The lowest BCUT2D eigenvalue weighted by Gasteiger charge is -2.03. The summed E-state index contributed by atoms with van der Waals surface area (Å²) in [5, 5.41) is 28.2. The minimum Gasteiger partial charge on any atom is -0.481 e. The molecule has 0 unspecified atom stereocenters. The number of carbonyl (C=O) groups is 2. The van der Waals surface area contributed by atoms with Crippen molar-refractivity contribution in [3.8, 4) is 11.8 Å². The first-order valence-electron chi connectivity index (χ1n) is 5.06. The summed E-state index contributed by atoms with van der Waals surface area (Å²) < 4.78 is 0. The van der Waals surface area contributed by atoms with Gasteiger partial charge in [-0.3, -0.25) is 14.9 Å². The average Bonchev–Trinajstić information content (AvgIpc) is 2.29. The highest BCUT2D eigenvalue weighted by molar-refractivity contribution is 5.91. The van der Waals surface area contributed by atoms with E-state index in [-0.39, 0.29) is 22.4 Å². The Kier molecular flexibility index (Phi) is 4.21.